The Bertz CT molecular complexity index is 715. The normalized spacial score (nSPS) is 13.4. The average Bonchev–Trinajstić information content (AvgIpc) is 3.10. The van der Waals surface area contributed by atoms with Gasteiger partial charge in [-0.2, -0.15) is 0 Å². The molecule has 1 unspecified atom stereocenters. The number of esters is 1. The number of carbonyl (C=O) groups is 2. The van der Waals surface area contributed by atoms with Gasteiger partial charge in [0.15, 0.2) is 0 Å². The number of nitrogens with one attached hydrogen (secondary N) is 1. The smallest absolute Gasteiger partial charge is 0.317 e. The molecule has 2 rings (SSSR count). The number of carbonyl (C=O) groups excluding carboxylic acids is 2. The van der Waals surface area contributed by atoms with E-state index in [1.54, 1.807) is 6.92 Å². The van der Waals surface area contributed by atoms with Crippen molar-refractivity contribution in [2.45, 2.75) is 32.1 Å². The highest BCUT2D eigenvalue weighted by Crippen LogP contribution is 2.25. The minimum absolute atomic E-state index is 0.110. The summed E-state index contributed by atoms with van der Waals surface area (Å²) < 4.78 is 4.93. The first-order valence-corrected chi connectivity index (χ1v) is 8.45. The van der Waals surface area contributed by atoms with Crippen LogP contribution in [0.4, 0.5) is 0 Å². The monoisotopic (exact) mass is 347 g/mol. The van der Waals surface area contributed by atoms with E-state index in [0.717, 1.165) is 10.6 Å². The van der Waals surface area contributed by atoms with Gasteiger partial charge in [0, 0.05) is 12.5 Å². The lowest BCUT2D eigenvalue weighted by Crippen LogP contribution is -2.45. The molecule has 0 spiro atoms. The van der Waals surface area contributed by atoms with Crippen LogP contribution in [-0.4, -0.2) is 35.7 Å². The van der Waals surface area contributed by atoms with E-state index < -0.39 is 11.4 Å². The molecule has 0 aliphatic rings. The lowest BCUT2D eigenvalue weighted by molar-refractivity contribution is -0.146. The van der Waals surface area contributed by atoms with E-state index in [1.165, 1.54) is 18.4 Å². The summed E-state index contributed by atoms with van der Waals surface area (Å²) >= 11 is 1.26. The molecule has 0 radical (unpaired) electrons. The lowest BCUT2D eigenvalue weighted by Gasteiger charge is -2.27. The first kappa shape index (κ1) is 18.1. The zero-order chi connectivity index (χ0) is 17.7. The highest BCUT2D eigenvalue weighted by atomic mass is 32.1. The molecule has 0 saturated heterocycles. The van der Waals surface area contributed by atoms with Crippen molar-refractivity contribution in [1.82, 2.24) is 15.5 Å². The maximum atomic E-state index is 12.3. The first-order valence-electron chi connectivity index (χ1n) is 7.64. The van der Waals surface area contributed by atoms with Crippen LogP contribution in [0.3, 0.4) is 0 Å². The second kappa shape index (κ2) is 7.53. The molecular formula is C17H21N3O3S. The van der Waals surface area contributed by atoms with Gasteiger partial charge in [-0.15, -0.1) is 10.2 Å². The lowest BCUT2D eigenvalue weighted by atomic mass is 9.82. The van der Waals surface area contributed by atoms with Crippen LogP contribution < -0.4 is 5.32 Å². The molecule has 128 valence electrons. The van der Waals surface area contributed by atoms with Crippen molar-refractivity contribution in [3.63, 3.8) is 0 Å². The van der Waals surface area contributed by atoms with Crippen molar-refractivity contribution in [3.8, 4) is 0 Å². The summed E-state index contributed by atoms with van der Waals surface area (Å²) in [7, 11) is 1.34. The fourth-order valence-electron chi connectivity index (χ4n) is 2.22. The van der Waals surface area contributed by atoms with Gasteiger partial charge in [-0.05, 0) is 12.5 Å². The third-order valence-electron chi connectivity index (χ3n) is 3.78. The van der Waals surface area contributed by atoms with Gasteiger partial charge >= 0.3 is 5.97 Å². The van der Waals surface area contributed by atoms with Crippen LogP contribution in [0, 0.1) is 0 Å². The van der Waals surface area contributed by atoms with Gasteiger partial charge in [-0.25, -0.2) is 0 Å². The van der Waals surface area contributed by atoms with E-state index in [-0.39, 0.29) is 18.4 Å². The Morgan fingerprint density at radius 2 is 1.92 bits per heavy atom. The Morgan fingerprint density at radius 1 is 1.25 bits per heavy atom. The number of hydrogen-bond donors (Lipinski definition) is 1. The zero-order valence-corrected chi connectivity index (χ0v) is 15.0. The van der Waals surface area contributed by atoms with Gasteiger partial charge in [-0.3, -0.25) is 9.59 Å². The fourth-order valence-corrected chi connectivity index (χ4v) is 2.98. The van der Waals surface area contributed by atoms with Crippen molar-refractivity contribution < 1.29 is 14.3 Å². The molecule has 2 aromatic rings. The highest BCUT2D eigenvalue weighted by Gasteiger charge is 2.37. The summed E-state index contributed by atoms with van der Waals surface area (Å²) in [4.78, 5) is 24.6. The maximum Gasteiger partial charge on any atom is 0.317 e. The van der Waals surface area contributed by atoms with Crippen LogP contribution >= 0.6 is 11.3 Å². The largest absolute Gasteiger partial charge is 0.468 e. The molecule has 6 nitrogen and oxygen atoms in total. The predicted octanol–water partition coefficient (Wildman–Crippen LogP) is 2.52. The zero-order valence-electron chi connectivity index (χ0n) is 14.2. The van der Waals surface area contributed by atoms with E-state index in [9.17, 15) is 9.59 Å². The van der Waals surface area contributed by atoms with Crippen molar-refractivity contribution in [3.05, 3.63) is 45.9 Å². The van der Waals surface area contributed by atoms with Crippen LogP contribution in [0.2, 0.25) is 0 Å². The molecule has 1 aromatic heterocycles. The Hall–Kier alpha value is -2.28. The SMILES string of the molecule is COC(=O)C(C)(CNC(=O)c1nnc(C(C)C)s1)c1ccccc1. The second-order valence-electron chi connectivity index (χ2n) is 5.97. The molecule has 1 N–H and O–H groups in total. The van der Waals surface area contributed by atoms with Crippen LogP contribution in [0.5, 0.6) is 0 Å². The quantitative estimate of drug-likeness (QED) is 0.812. The molecule has 0 aliphatic carbocycles. The average molecular weight is 347 g/mol. The van der Waals surface area contributed by atoms with Gasteiger partial charge in [0.25, 0.3) is 5.91 Å². The molecular weight excluding hydrogens is 326 g/mol. The predicted molar refractivity (Wildman–Crippen MR) is 92.1 cm³/mol. The number of rotatable bonds is 6. The van der Waals surface area contributed by atoms with Crippen LogP contribution in [0.25, 0.3) is 0 Å². The summed E-state index contributed by atoms with van der Waals surface area (Å²) in [5.41, 5.74) is -0.200. The summed E-state index contributed by atoms with van der Waals surface area (Å²) in [5.74, 6) is -0.534. The van der Waals surface area contributed by atoms with E-state index in [2.05, 4.69) is 15.5 Å². The Kier molecular flexibility index (Phi) is 5.66. The van der Waals surface area contributed by atoms with Crippen molar-refractivity contribution in [1.29, 1.82) is 0 Å². The van der Waals surface area contributed by atoms with E-state index >= 15 is 0 Å². The molecule has 1 aromatic carbocycles. The maximum absolute atomic E-state index is 12.3. The van der Waals surface area contributed by atoms with Gasteiger partial charge in [0.2, 0.25) is 5.01 Å². The molecule has 1 heterocycles. The van der Waals surface area contributed by atoms with Crippen molar-refractivity contribution in [2.24, 2.45) is 0 Å². The van der Waals surface area contributed by atoms with E-state index in [0.29, 0.717) is 5.01 Å². The first-order chi connectivity index (χ1) is 11.4. The molecule has 0 aliphatic heterocycles. The Morgan fingerprint density at radius 3 is 2.46 bits per heavy atom. The minimum atomic E-state index is -0.975. The summed E-state index contributed by atoms with van der Waals surface area (Å²) in [6.45, 7) is 5.84. The van der Waals surface area contributed by atoms with Crippen LogP contribution in [-0.2, 0) is 14.9 Å². The number of nitrogens with zero attached hydrogens (tertiary/aromatic N) is 2. The summed E-state index contributed by atoms with van der Waals surface area (Å²) in [6.07, 6.45) is 0. The Labute approximate surface area is 145 Å². The number of ether oxygens (including phenoxy) is 1. The Balaban J connectivity index is 2.16. The molecule has 0 bridgehead atoms. The van der Waals surface area contributed by atoms with Gasteiger partial charge in [0.1, 0.15) is 10.4 Å². The number of benzene rings is 1. The second-order valence-corrected chi connectivity index (χ2v) is 6.98. The number of hydrogen-bond acceptors (Lipinski definition) is 6. The van der Waals surface area contributed by atoms with Gasteiger partial charge in [0.05, 0.1) is 7.11 Å². The molecule has 0 saturated carbocycles. The molecule has 1 atom stereocenters. The molecule has 0 fully saturated rings. The third kappa shape index (κ3) is 3.79. The topological polar surface area (TPSA) is 81.2 Å². The van der Waals surface area contributed by atoms with E-state index in [1.807, 2.05) is 44.2 Å². The summed E-state index contributed by atoms with van der Waals surface area (Å²) in [5, 5.41) is 11.8. The van der Waals surface area contributed by atoms with Crippen LogP contribution in [0.1, 0.15) is 47.1 Å². The summed E-state index contributed by atoms with van der Waals surface area (Å²) in [6, 6.07) is 9.24. The molecule has 24 heavy (non-hydrogen) atoms. The third-order valence-corrected chi connectivity index (χ3v) is 5.00. The van der Waals surface area contributed by atoms with Crippen molar-refractivity contribution >= 4 is 23.2 Å². The number of aromatic nitrogens is 2. The number of amides is 1. The van der Waals surface area contributed by atoms with Crippen molar-refractivity contribution in [2.75, 3.05) is 13.7 Å². The van der Waals surface area contributed by atoms with Crippen LogP contribution in [0.15, 0.2) is 30.3 Å². The fraction of sp³-hybridized carbons (Fsp3) is 0.412. The highest BCUT2D eigenvalue weighted by molar-refractivity contribution is 7.13. The van der Waals surface area contributed by atoms with Gasteiger partial charge < -0.3 is 10.1 Å². The molecule has 1 amide bonds. The van der Waals surface area contributed by atoms with E-state index in [4.69, 9.17) is 4.74 Å². The molecule has 7 heteroatoms. The minimum Gasteiger partial charge on any atom is -0.468 e. The van der Waals surface area contributed by atoms with Gasteiger partial charge in [-0.1, -0.05) is 55.5 Å². The number of methoxy groups -OCH3 is 1. The standard InChI is InChI=1S/C17H21N3O3S/c1-11(2)14-19-20-15(24-14)13(21)18-10-17(3,16(22)23-4)12-8-6-5-7-9-12/h5-9,11H,10H2,1-4H3,(H,18,21).